The lowest BCUT2D eigenvalue weighted by Gasteiger charge is -2.34. The third-order valence-electron chi connectivity index (χ3n) is 4.76. The van der Waals surface area contributed by atoms with Crippen molar-refractivity contribution in [3.8, 4) is 11.3 Å². The van der Waals surface area contributed by atoms with E-state index in [0.717, 1.165) is 21.3 Å². The number of imidazole rings is 1. The van der Waals surface area contributed by atoms with Gasteiger partial charge in [0, 0.05) is 38.0 Å². The van der Waals surface area contributed by atoms with Crippen molar-refractivity contribution < 1.29 is 17.9 Å². The SMILES string of the molecule is CC(C)OC(=O)N1CCN(c2nn3cc(-c4ccc(S(C)(=O)=O)cc4)nc3s2)CC1. The fourth-order valence-corrected chi connectivity index (χ4v) is 4.75. The van der Waals surface area contributed by atoms with Gasteiger partial charge in [0.1, 0.15) is 0 Å². The standard InChI is InChI=1S/C19H23N5O4S2/c1-13(2)28-19(25)23-10-8-22(9-11-23)18-21-24-12-16(20-17(24)29-18)14-4-6-15(7-5-14)30(3,26)27/h4-7,12-13H,8-11H2,1-3H3. The molecule has 0 unspecified atom stereocenters. The molecule has 0 spiro atoms. The smallest absolute Gasteiger partial charge is 0.410 e. The van der Waals surface area contributed by atoms with Crippen LogP contribution in [0.2, 0.25) is 0 Å². The second-order valence-corrected chi connectivity index (χ2v) is 10.4. The van der Waals surface area contributed by atoms with E-state index in [1.54, 1.807) is 33.7 Å². The third kappa shape index (κ3) is 4.26. The summed E-state index contributed by atoms with van der Waals surface area (Å²) >= 11 is 1.48. The van der Waals surface area contributed by atoms with Gasteiger partial charge in [-0.05, 0) is 26.0 Å². The maximum atomic E-state index is 12.0. The molecule has 1 amide bonds. The first kappa shape index (κ1) is 20.6. The number of aromatic nitrogens is 3. The van der Waals surface area contributed by atoms with Gasteiger partial charge in [-0.15, -0.1) is 5.10 Å². The highest BCUT2D eigenvalue weighted by atomic mass is 32.2. The van der Waals surface area contributed by atoms with E-state index in [9.17, 15) is 13.2 Å². The molecule has 30 heavy (non-hydrogen) atoms. The monoisotopic (exact) mass is 449 g/mol. The van der Waals surface area contributed by atoms with Gasteiger partial charge in [-0.3, -0.25) is 0 Å². The van der Waals surface area contributed by atoms with E-state index in [0.29, 0.717) is 26.2 Å². The summed E-state index contributed by atoms with van der Waals surface area (Å²) < 4.78 is 30.2. The summed E-state index contributed by atoms with van der Waals surface area (Å²) in [4.78, 5) is 21.5. The zero-order chi connectivity index (χ0) is 21.5. The highest BCUT2D eigenvalue weighted by Crippen LogP contribution is 2.28. The Morgan fingerprint density at radius 2 is 1.80 bits per heavy atom. The lowest BCUT2D eigenvalue weighted by Crippen LogP contribution is -2.49. The molecule has 11 heteroatoms. The number of benzene rings is 1. The van der Waals surface area contributed by atoms with Crippen LogP contribution in [0.15, 0.2) is 35.4 Å². The molecule has 0 bridgehead atoms. The van der Waals surface area contributed by atoms with Gasteiger partial charge >= 0.3 is 6.09 Å². The molecule has 1 fully saturated rings. The second kappa shape index (κ2) is 7.88. The topological polar surface area (TPSA) is 97.1 Å². The summed E-state index contributed by atoms with van der Waals surface area (Å²) in [7, 11) is -3.22. The van der Waals surface area contributed by atoms with E-state index in [2.05, 4.69) is 15.0 Å². The number of hydrogen-bond acceptors (Lipinski definition) is 8. The quantitative estimate of drug-likeness (QED) is 0.604. The number of nitrogens with zero attached hydrogens (tertiary/aromatic N) is 5. The van der Waals surface area contributed by atoms with Gasteiger partial charge in [0.05, 0.1) is 22.9 Å². The summed E-state index contributed by atoms with van der Waals surface area (Å²) in [6.07, 6.45) is 2.62. The highest BCUT2D eigenvalue weighted by Gasteiger charge is 2.25. The average Bonchev–Trinajstić information content (AvgIpc) is 3.26. The van der Waals surface area contributed by atoms with Gasteiger partial charge in [0.25, 0.3) is 0 Å². The molecular formula is C19H23N5O4S2. The number of fused-ring (bicyclic) bond motifs is 1. The molecule has 1 aliphatic rings. The Morgan fingerprint density at radius 1 is 1.13 bits per heavy atom. The highest BCUT2D eigenvalue weighted by molar-refractivity contribution is 7.90. The van der Waals surface area contributed by atoms with Gasteiger partial charge in [-0.1, -0.05) is 23.5 Å². The predicted molar refractivity (Wildman–Crippen MR) is 115 cm³/mol. The van der Waals surface area contributed by atoms with Gasteiger partial charge in [0.2, 0.25) is 10.1 Å². The number of carbonyl (C=O) groups is 1. The number of anilines is 1. The molecule has 4 rings (SSSR count). The van der Waals surface area contributed by atoms with Crippen LogP contribution in [0.4, 0.5) is 9.93 Å². The van der Waals surface area contributed by atoms with Crippen molar-refractivity contribution in [3.63, 3.8) is 0 Å². The van der Waals surface area contributed by atoms with Crippen molar-refractivity contribution in [2.45, 2.75) is 24.8 Å². The number of sulfone groups is 1. The Morgan fingerprint density at radius 3 is 2.37 bits per heavy atom. The molecule has 0 N–H and O–H groups in total. The van der Waals surface area contributed by atoms with Crippen LogP contribution >= 0.6 is 11.3 Å². The Balaban J connectivity index is 1.45. The van der Waals surface area contributed by atoms with Crippen LogP contribution in [0.25, 0.3) is 16.2 Å². The summed E-state index contributed by atoms with van der Waals surface area (Å²) in [5.41, 5.74) is 1.57. The molecular weight excluding hydrogens is 426 g/mol. The summed E-state index contributed by atoms with van der Waals surface area (Å²) in [5.74, 6) is 0. The zero-order valence-electron chi connectivity index (χ0n) is 17.0. The van der Waals surface area contributed by atoms with Crippen LogP contribution in [0.3, 0.4) is 0 Å². The maximum absolute atomic E-state index is 12.0. The van der Waals surface area contributed by atoms with Gasteiger partial charge in [-0.25, -0.2) is 22.7 Å². The Labute approximate surface area is 178 Å². The summed E-state index contributed by atoms with van der Waals surface area (Å²) in [5, 5.41) is 5.48. The van der Waals surface area contributed by atoms with Crippen molar-refractivity contribution in [1.82, 2.24) is 19.5 Å². The van der Waals surface area contributed by atoms with Crippen molar-refractivity contribution >= 4 is 37.4 Å². The normalized spacial score (nSPS) is 15.2. The van der Waals surface area contributed by atoms with Crippen LogP contribution in [0, 0.1) is 0 Å². The number of rotatable bonds is 4. The minimum atomic E-state index is -3.22. The molecule has 0 saturated carbocycles. The Bertz CT molecular complexity index is 1130. The Kier molecular flexibility index (Phi) is 5.41. The van der Waals surface area contributed by atoms with E-state index in [4.69, 9.17) is 4.74 Å². The number of hydrogen-bond donors (Lipinski definition) is 0. The lowest BCUT2D eigenvalue weighted by molar-refractivity contribution is 0.0751. The first-order valence-corrected chi connectivity index (χ1v) is 12.3. The number of ether oxygens (including phenoxy) is 1. The fraction of sp³-hybridized carbons (Fsp3) is 0.421. The number of carbonyl (C=O) groups excluding carboxylic acids is 1. The zero-order valence-corrected chi connectivity index (χ0v) is 18.6. The molecule has 3 heterocycles. The van der Waals surface area contributed by atoms with Crippen LogP contribution < -0.4 is 4.90 Å². The number of piperazine rings is 1. The van der Waals surface area contributed by atoms with Crippen LogP contribution in [0.1, 0.15) is 13.8 Å². The minimum Gasteiger partial charge on any atom is -0.447 e. The largest absolute Gasteiger partial charge is 0.447 e. The van der Waals surface area contributed by atoms with E-state index in [-0.39, 0.29) is 17.1 Å². The fourth-order valence-electron chi connectivity index (χ4n) is 3.19. The molecule has 1 aliphatic heterocycles. The molecule has 1 aromatic carbocycles. The van der Waals surface area contributed by atoms with E-state index < -0.39 is 9.84 Å². The molecule has 0 atom stereocenters. The van der Waals surface area contributed by atoms with Crippen molar-refractivity contribution in [2.24, 2.45) is 0 Å². The van der Waals surface area contributed by atoms with E-state index >= 15 is 0 Å². The molecule has 0 radical (unpaired) electrons. The third-order valence-corrected chi connectivity index (χ3v) is 6.87. The van der Waals surface area contributed by atoms with Crippen LogP contribution in [0.5, 0.6) is 0 Å². The average molecular weight is 450 g/mol. The van der Waals surface area contributed by atoms with Gasteiger partial charge in [0.15, 0.2) is 9.84 Å². The Hall–Kier alpha value is -2.66. The molecule has 9 nitrogen and oxygen atoms in total. The first-order chi connectivity index (χ1) is 14.2. The van der Waals surface area contributed by atoms with Crippen LogP contribution in [-0.4, -0.2) is 72.5 Å². The maximum Gasteiger partial charge on any atom is 0.410 e. The van der Waals surface area contributed by atoms with E-state index in [1.165, 1.54) is 17.6 Å². The van der Waals surface area contributed by atoms with E-state index in [1.807, 2.05) is 20.0 Å². The van der Waals surface area contributed by atoms with Gasteiger partial charge in [-0.2, -0.15) is 0 Å². The predicted octanol–water partition coefficient (Wildman–Crippen LogP) is 2.53. The second-order valence-electron chi connectivity index (χ2n) is 7.44. The molecule has 1 saturated heterocycles. The lowest BCUT2D eigenvalue weighted by atomic mass is 10.2. The van der Waals surface area contributed by atoms with Gasteiger partial charge < -0.3 is 14.5 Å². The first-order valence-electron chi connectivity index (χ1n) is 9.58. The van der Waals surface area contributed by atoms with Crippen molar-refractivity contribution in [3.05, 3.63) is 30.5 Å². The summed E-state index contributed by atoms with van der Waals surface area (Å²) in [6.45, 7) is 6.23. The molecule has 160 valence electrons. The van der Waals surface area contributed by atoms with Crippen molar-refractivity contribution in [1.29, 1.82) is 0 Å². The molecule has 3 aromatic rings. The minimum absolute atomic E-state index is 0.126. The molecule has 2 aromatic heterocycles. The number of amides is 1. The van der Waals surface area contributed by atoms with Crippen molar-refractivity contribution in [2.75, 3.05) is 37.3 Å². The van der Waals surface area contributed by atoms with Crippen LogP contribution in [-0.2, 0) is 14.6 Å². The summed E-state index contributed by atoms with van der Waals surface area (Å²) in [6, 6.07) is 6.67. The molecule has 0 aliphatic carbocycles.